The van der Waals surface area contributed by atoms with Crippen LogP contribution in [0.15, 0.2) is 35.4 Å². The SMILES string of the molecule is C1COC2(C1)CCNCC2.CC.CCN(C)S(=O)(=O)Nc1ccc(F)c(Nc2ccc3ncn(C)c(=O)c3c2F)c1C#N.CCO. The number of aliphatic hydroxyl groups excluding tert-OH is 1. The zero-order chi connectivity index (χ0) is 34.5. The number of nitrogens with one attached hydrogen (secondary N) is 3. The molecule has 2 aliphatic heterocycles. The Bertz CT molecular complexity index is 1650. The molecule has 0 aliphatic carbocycles. The molecule has 46 heavy (non-hydrogen) atoms. The zero-order valence-corrected chi connectivity index (χ0v) is 28.1. The fourth-order valence-corrected chi connectivity index (χ4v) is 5.75. The maximum atomic E-state index is 15.0. The van der Waals surface area contributed by atoms with Gasteiger partial charge in [-0.1, -0.05) is 20.8 Å². The van der Waals surface area contributed by atoms with Crippen LogP contribution < -0.4 is 20.9 Å². The number of anilines is 3. The van der Waals surface area contributed by atoms with Gasteiger partial charge in [-0.2, -0.15) is 18.0 Å². The van der Waals surface area contributed by atoms with Crippen LogP contribution in [0.1, 0.15) is 58.9 Å². The van der Waals surface area contributed by atoms with Crippen LogP contribution in [-0.2, 0) is 22.0 Å². The van der Waals surface area contributed by atoms with Crippen LogP contribution >= 0.6 is 0 Å². The van der Waals surface area contributed by atoms with Gasteiger partial charge in [0.15, 0.2) is 5.82 Å². The van der Waals surface area contributed by atoms with Gasteiger partial charge in [-0.15, -0.1) is 0 Å². The monoisotopic (exact) mass is 665 g/mol. The van der Waals surface area contributed by atoms with E-state index in [4.69, 9.17) is 9.84 Å². The van der Waals surface area contributed by atoms with E-state index >= 15 is 4.39 Å². The van der Waals surface area contributed by atoms with Crippen LogP contribution in [0.25, 0.3) is 10.9 Å². The first kappa shape index (κ1) is 38.5. The number of aryl methyl sites for hydroxylation is 1. The van der Waals surface area contributed by atoms with E-state index in [1.165, 1.54) is 58.2 Å². The van der Waals surface area contributed by atoms with Crippen molar-refractivity contribution in [3.8, 4) is 6.07 Å². The number of fused-ring (bicyclic) bond motifs is 1. The maximum absolute atomic E-state index is 15.0. The second kappa shape index (κ2) is 17.9. The smallest absolute Gasteiger partial charge is 0.301 e. The lowest BCUT2D eigenvalue weighted by molar-refractivity contribution is -0.0190. The molecule has 0 bridgehead atoms. The lowest BCUT2D eigenvalue weighted by Gasteiger charge is -2.32. The number of nitrogens with zero attached hydrogens (tertiary/aromatic N) is 4. The van der Waals surface area contributed by atoms with Gasteiger partial charge in [0.2, 0.25) is 0 Å². The summed E-state index contributed by atoms with van der Waals surface area (Å²) in [4.78, 5) is 16.3. The molecule has 0 atom stereocenters. The summed E-state index contributed by atoms with van der Waals surface area (Å²) in [5.74, 6) is -1.90. The summed E-state index contributed by atoms with van der Waals surface area (Å²) in [5.41, 5.74) is -1.52. The average molecular weight is 666 g/mol. The van der Waals surface area contributed by atoms with E-state index in [1.807, 2.05) is 13.8 Å². The Kier molecular flexibility index (Phi) is 15.0. The predicted molar refractivity (Wildman–Crippen MR) is 176 cm³/mol. The Balaban J connectivity index is 0.000000403. The standard InChI is InChI=1S/C19H18F2N6O3S.C8H15NO.C2H6O.C2H6/c1-4-27(3)31(29,30)25-13-6-5-12(20)18(11(13)9-22)24-15-8-7-14-16(17(15)21)19(28)26(2)10-23-14;1-2-8(10-7-1)3-5-9-6-4-8;1-2-3;1-2/h5-8,10,24-25H,4H2,1-3H3;9H,1-7H2;3H,2H2,1H3;1-2H3. The highest BCUT2D eigenvalue weighted by Gasteiger charge is 2.35. The number of aromatic nitrogens is 2. The molecule has 3 aromatic rings. The molecule has 254 valence electrons. The molecule has 15 heteroatoms. The van der Waals surface area contributed by atoms with E-state index in [9.17, 15) is 22.9 Å². The van der Waals surface area contributed by atoms with Crippen molar-refractivity contribution in [2.24, 2.45) is 7.05 Å². The molecule has 3 heterocycles. The number of piperidine rings is 1. The van der Waals surface area contributed by atoms with Gasteiger partial charge in [-0.05, 0) is 70.0 Å². The zero-order valence-electron chi connectivity index (χ0n) is 27.3. The average Bonchev–Trinajstić information content (AvgIpc) is 3.50. The predicted octanol–water partition coefficient (Wildman–Crippen LogP) is 4.38. The first-order chi connectivity index (χ1) is 21.9. The van der Waals surface area contributed by atoms with Crippen molar-refractivity contribution in [2.45, 2.75) is 59.0 Å². The quantitative estimate of drug-likeness (QED) is 0.300. The molecular weight excluding hydrogens is 620 g/mol. The molecule has 0 unspecified atom stereocenters. The summed E-state index contributed by atoms with van der Waals surface area (Å²) >= 11 is 0. The summed E-state index contributed by atoms with van der Waals surface area (Å²) in [6, 6.07) is 6.38. The molecule has 1 aromatic heterocycles. The number of aliphatic hydroxyl groups is 1. The van der Waals surface area contributed by atoms with Crippen molar-refractivity contribution in [1.29, 1.82) is 5.26 Å². The molecule has 0 radical (unpaired) electrons. The third-order valence-corrected chi connectivity index (χ3v) is 8.90. The number of ether oxygens (including phenoxy) is 1. The molecule has 2 aromatic carbocycles. The summed E-state index contributed by atoms with van der Waals surface area (Å²) in [6.07, 6.45) is 6.28. The molecule has 2 aliphatic rings. The number of benzene rings is 2. The molecule has 0 saturated carbocycles. The molecule has 1 spiro atoms. The normalized spacial score (nSPS) is 15.1. The largest absolute Gasteiger partial charge is 0.397 e. The Labute approximate surface area is 269 Å². The lowest BCUT2D eigenvalue weighted by atomic mass is 9.90. The van der Waals surface area contributed by atoms with Crippen LogP contribution in [0.5, 0.6) is 0 Å². The van der Waals surface area contributed by atoms with Crippen LogP contribution in [0.2, 0.25) is 0 Å². The van der Waals surface area contributed by atoms with Crippen molar-refractivity contribution in [2.75, 3.05) is 49.9 Å². The second-order valence-electron chi connectivity index (χ2n) is 10.3. The van der Waals surface area contributed by atoms with Crippen molar-refractivity contribution in [3.05, 3.63) is 58.1 Å². The molecule has 5 rings (SSSR count). The van der Waals surface area contributed by atoms with Gasteiger partial charge in [-0.3, -0.25) is 9.52 Å². The molecule has 0 amide bonds. The minimum atomic E-state index is -3.99. The Hall–Kier alpha value is -3.68. The van der Waals surface area contributed by atoms with Crippen LogP contribution in [0, 0.1) is 23.0 Å². The van der Waals surface area contributed by atoms with E-state index in [1.54, 1.807) is 19.9 Å². The second-order valence-corrected chi connectivity index (χ2v) is 12.1. The Morgan fingerprint density at radius 1 is 1.15 bits per heavy atom. The van der Waals surface area contributed by atoms with Gasteiger partial charge in [0, 0.05) is 33.9 Å². The van der Waals surface area contributed by atoms with E-state index in [-0.39, 0.29) is 41.0 Å². The van der Waals surface area contributed by atoms with Gasteiger partial charge in [0.25, 0.3) is 5.56 Å². The third-order valence-electron chi connectivity index (χ3n) is 7.34. The summed E-state index contributed by atoms with van der Waals surface area (Å²) in [5, 5.41) is 22.6. The number of halogens is 2. The summed E-state index contributed by atoms with van der Waals surface area (Å²) in [7, 11) is -1.25. The van der Waals surface area contributed by atoms with Crippen molar-refractivity contribution in [1.82, 2.24) is 19.2 Å². The number of rotatable bonds is 6. The summed E-state index contributed by atoms with van der Waals surface area (Å²) < 4.78 is 64.3. The van der Waals surface area contributed by atoms with E-state index in [0.29, 0.717) is 5.60 Å². The fourth-order valence-electron chi connectivity index (χ4n) is 4.81. The minimum Gasteiger partial charge on any atom is -0.397 e. The number of hydrogen-bond acceptors (Lipinski definition) is 9. The van der Waals surface area contributed by atoms with E-state index < -0.39 is 33.1 Å². The number of nitriles is 1. The van der Waals surface area contributed by atoms with Crippen LogP contribution in [-0.4, -0.2) is 72.9 Å². The van der Waals surface area contributed by atoms with Gasteiger partial charge in [0.1, 0.15) is 22.8 Å². The van der Waals surface area contributed by atoms with Gasteiger partial charge < -0.3 is 25.0 Å². The molecule has 2 fully saturated rings. The highest BCUT2D eigenvalue weighted by molar-refractivity contribution is 7.90. The molecule has 2 saturated heterocycles. The van der Waals surface area contributed by atoms with Gasteiger partial charge >= 0.3 is 10.2 Å². The van der Waals surface area contributed by atoms with E-state index in [0.717, 1.165) is 40.7 Å². The highest BCUT2D eigenvalue weighted by atomic mass is 32.2. The Morgan fingerprint density at radius 2 is 1.78 bits per heavy atom. The molecular formula is C31H45F2N7O5S. The maximum Gasteiger partial charge on any atom is 0.301 e. The molecule has 4 N–H and O–H groups in total. The van der Waals surface area contributed by atoms with Gasteiger partial charge in [-0.25, -0.2) is 13.8 Å². The molecule has 12 nitrogen and oxygen atoms in total. The third kappa shape index (κ3) is 9.43. The van der Waals surface area contributed by atoms with Gasteiger partial charge in [0.05, 0.1) is 34.5 Å². The summed E-state index contributed by atoms with van der Waals surface area (Å²) in [6.45, 7) is 11.0. The van der Waals surface area contributed by atoms with Crippen molar-refractivity contribution < 1.29 is 27.0 Å². The number of hydrogen-bond donors (Lipinski definition) is 4. The first-order valence-corrected chi connectivity index (χ1v) is 16.7. The van der Waals surface area contributed by atoms with Crippen LogP contribution in [0.3, 0.4) is 0 Å². The topological polar surface area (TPSA) is 162 Å². The lowest BCUT2D eigenvalue weighted by Crippen LogP contribution is -2.41. The Morgan fingerprint density at radius 3 is 2.35 bits per heavy atom. The van der Waals surface area contributed by atoms with Crippen LogP contribution in [0.4, 0.5) is 25.8 Å². The first-order valence-electron chi connectivity index (χ1n) is 15.3. The van der Waals surface area contributed by atoms with E-state index in [2.05, 4.69) is 20.3 Å². The highest BCUT2D eigenvalue weighted by Crippen LogP contribution is 2.34. The van der Waals surface area contributed by atoms with Crippen molar-refractivity contribution >= 4 is 38.2 Å². The minimum absolute atomic E-state index is 0.108. The fraction of sp³-hybridized carbons (Fsp3) is 0.516. The van der Waals surface area contributed by atoms with Crippen molar-refractivity contribution in [3.63, 3.8) is 0 Å².